The zero-order valence-electron chi connectivity index (χ0n) is 15.7. The number of aryl methyl sites for hydroxylation is 1. The quantitative estimate of drug-likeness (QED) is 0.580. The SMILES string of the molecule is C=C(C)c1ccccc1/C(C)=C1/C(=O)C(c2[nH]c(C)c3ccccc23)=C1O. The van der Waals surface area contributed by atoms with Gasteiger partial charge in [-0.25, -0.2) is 0 Å². The summed E-state index contributed by atoms with van der Waals surface area (Å²) in [4.78, 5) is 16.3. The third-order valence-electron chi connectivity index (χ3n) is 5.26. The Morgan fingerprint density at radius 3 is 2.19 bits per heavy atom. The maximum absolute atomic E-state index is 13.0. The number of aromatic amines is 1. The number of fused-ring (bicyclic) bond motifs is 1. The van der Waals surface area contributed by atoms with Crippen LogP contribution in [0.5, 0.6) is 0 Å². The van der Waals surface area contributed by atoms with Crippen molar-refractivity contribution in [2.75, 3.05) is 0 Å². The topological polar surface area (TPSA) is 53.1 Å². The molecule has 2 aromatic carbocycles. The maximum Gasteiger partial charge on any atom is 0.202 e. The lowest BCUT2D eigenvalue weighted by Crippen LogP contribution is -2.23. The molecule has 0 amide bonds. The Morgan fingerprint density at radius 1 is 0.963 bits per heavy atom. The van der Waals surface area contributed by atoms with Crippen molar-refractivity contribution in [3.63, 3.8) is 0 Å². The number of nitrogens with one attached hydrogen (secondary N) is 1. The number of allylic oxidation sites excluding steroid dienone is 4. The van der Waals surface area contributed by atoms with E-state index in [4.69, 9.17) is 0 Å². The molecule has 0 aliphatic heterocycles. The van der Waals surface area contributed by atoms with Gasteiger partial charge < -0.3 is 10.1 Å². The number of aromatic nitrogens is 1. The standard InChI is InChI=1S/C24H21NO2/c1-13(2)16-9-5-6-10-17(16)14(3)20-23(26)21(24(20)27)22-19-12-8-7-11-18(19)15(4)25-22/h5-12,25-26H,1H2,2-4H3/b20-14+. The third-order valence-corrected chi connectivity index (χ3v) is 5.26. The minimum Gasteiger partial charge on any atom is -0.506 e. The monoisotopic (exact) mass is 355 g/mol. The summed E-state index contributed by atoms with van der Waals surface area (Å²) < 4.78 is 0. The summed E-state index contributed by atoms with van der Waals surface area (Å²) in [6.45, 7) is 9.81. The molecule has 1 aromatic heterocycles. The number of benzene rings is 2. The molecule has 134 valence electrons. The van der Waals surface area contributed by atoms with Crippen LogP contribution < -0.4 is 0 Å². The fourth-order valence-corrected chi connectivity index (χ4v) is 3.85. The number of hydrogen-bond donors (Lipinski definition) is 2. The Kier molecular flexibility index (Phi) is 3.88. The van der Waals surface area contributed by atoms with Crippen LogP contribution in [0.3, 0.4) is 0 Å². The first-order chi connectivity index (χ1) is 12.9. The van der Waals surface area contributed by atoms with E-state index in [1.54, 1.807) is 0 Å². The van der Waals surface area contributed by atoms with Crippen molar-refractivity contribution in [2.24, 2.45) is 0 Å². The molecule has 1 aliphatic rings. The van der Waals surface area contributed by atoms with Crippen LogP contribution in [0.2, 0.25) is 0 Å². The van der Waals surface area contributed by atoms with Crippen LogP contribution in [0.25, 0.3) is 27.5 Å². The Hall–Kier alpha value is -3.33. The zero-order valence-corrected chi connectivity index (χ0v) is 15.7. The maximum atomic E-state index is 13.0. The Bertz CT molecular complexity index is 1190. The number of carbonyl (C=O) groups is 1. The van der Waals surface area contributed by atoms with Gasteiger partial charge in [0.2, 0.25) is 5.78 Å². The van der Waals surface area contributed by atoms with Crippen LogP contribution in [0.15, 0.2) is 66.4 Å². The molecule has 2 N–H and O–H groups in total. The van der Waals surface area contributed by atoms with Crippen LogP contribution in [0, 0.1) is 6.92 Å². The second-order valence-electron chi connectivity index (χ2n) is 7.05. The molecule has 0 radical (unpaired) electrons. The smallest absolute Gasteiger partial charge is 0.202 e. The van der Waals surface area contributed by atoms with Crippen LogP contribution in [0.1, 0.15) is 36.4 Å². The molecule has 0 spiro atoms. The van der Waals surface area contributed by atoms with E-state index >= 15 is 0 Å². The fraction of sp³-hybridized carbons (Fsp3) is 0.125. The number of hydrogen-bond acceptors (Lipinski definition) is 2. The van der Waals surface area contributed by atoms with E-state index in [9.17, 15) is 9.90 Å². The summed E-state index contributed by atoms with van der Waals surface area (Å²) in [5.74, 6) is -0.0745. The van der Waals surface area contributed by atoms with Gasteiger partial charge in [0.25, 0.3) is 0 Å². The average molecular weight is 355 g/mol. The molecular formula is C24H21NO2. The highest BCUT2D eigenvalue weighted by Gasteiger charge is 2.38. The lowest BCUT2D eigenvalue weighted by Gasteiger charge is -2.24. The first-order valence-corrected chi connectivity index (χ1v) is 8.94. The normalized spacial score (nSPS) is 15.9. The van der Waals surface area contributed by atoms with Crippen molar-refractivity contribution in [1.29, 1.82) is 0 Å². The predicted octanol–water partition coefficient (Wildman–Crippen LogP) is 5.83. The summed E-state index contributed by atoms with van der Waals surface area (Å²) in [5.41, 5.74) is 6.02. The lowest BCUT2D eigenvalue weighted by atomic mass is 9.80. The third kappa shape index (κ3) is 2.47. The first-order valence-electron chi connectivity index (χ1n) is 8.94. The van der Waals surface area contributed by atoms with Gasteiger partial charge in [0.05, 0.1) is 16.8 Å². The molecule has 3 nitrogen and oxygen atoms in total. The number of rotatable bonds is 3. The molecule has 1 aliphatic carbocycles. The van der Waals surface area contributed by atoms with Gasteiger partial charge in [-0.15, -0.1) is 0 Å². The van der Waals surface area contributed by atoms with Gasteiger partial charge in [0.1, 0.15) is 5.76 Å². The van der Waals surface area contributed by atoms with Crippen molar-refractivity contribution in [1.82, 2.24) is 4.98 Å². The highest BCUT2D eigenvalue weighted by molar-refractivity contribution is 6.42. The number of Topliss-reactive ketones (excluding diaryl/α,β-unsaturated/α-hetero) is 1. The number of carbonyl (C=O) groups excluding carboxylic acids is 1. The van der Waals surface area contributed by atoms with E-state index in [2.05, 4.69) is 11.6 Å². The Morgan fingerprint density at radius 2 is 1.56 bits per heavy atom. The van der Waals surface area contributed by atoms with E-state index in [1.807, 2.05) is 69.3 Å². The first kappa shape index (κ1) is 17.1. The minimum atomic E-state index is -0.131. The van der Waals surface area contributed by atoms with Crippen molar-refractivity contribution in [3.8, 4) is 0 Å². The highest BCUT2D eigenvalue weighted by atomic mass is 16.3. The number of aliphatic hydroxyl groups excluding tert-OH is 1. The summed E-state index contributed by atoms with van der Waals surface area (Å²) in [7, 11) is 0. The van der Waals surface area contributed by atoms with Gasteiger partial charge >= 0.3 is 0 Å². The molecule has 0 atom stereocenters. The zero-order chi connectivity index (χ0) is 19.3. The van der Waals surface area contributed by atoms with E-state index in [0.717, 1.165) is 38.7 Å². The molecule has 1 heterocycles. The molecule has 0 saturated carbocycles. The molecule has 3 aromatic rings. The number of H-pyrrole nitrogens is 1. The van der Waals surface area contributed by atoms with Crippen LogP contribution >= 0.6 is 0 Å². The van der Waals surface area contributed by atoms with Gasteiger partial charge in [0, 0.05) is 16.5 Å². The highest BCUT2D eigenvalue weighted by Crippen LogP contribution is 2.43. The molecule has 0 saturated heterocycles. The second-order valence-corrected chi connectivity index (χ2v) is 7.05. The van der Waals surface area contributed by atoms with Gasteiger partial charge in [-0.3, -0.25) is 4.79 Å². The van der Waals surface area contributed by atoms with Crippen LogP contribution in [0.4, 0.5) is 0 Å². The van der Waals surface area contributed by atoms with E-state index < -0.39 is 0 Å². The predicted molar refractivity (Wildman–Crippen MR) is 111 cm³/mol. The molecule has 0 bridgehead atoms. The Labute approximate surface area is 158 Å². The molecule has 3 heteroatoms. The molecule has 0 fully saturated rings. The van der Waals surface area contributed by atoms with Gasteiger partial charge in [-0.05, 0) is 37.5 Å². The van der Waals surface area contributed by atoms with Crippen molar-refractivity contribution in [3.05, 3.63) is 89.0 Å². The fourth-order valence-electron chi connectivity index (χ4n) is 3.85. The van der Waals surface area contributed by atoms with Crippen molar-refractivity contribution in [2.45, 2.75) is 20.8 Å². The molecule has 27 heavy (non-hydrogen) atoms. The summed E-state index contributed by atoms with van der Waals surface area (Å²) in [6.07, 6.45) is 0. The van der Waals surface area contributed by atoms with E-state index in [-0.39, 0.29) is 11.5 Å². The second kappa shape index (κ2) is 6.13. The minimum absolute atomic E-state index is 0.0565. The van der Waals surface area contributed by atoms with Crippen LogP contribution in [-0.4, -0.2) is 15.9 Å². The largest absolute Gasteiger partial charge is 0.506 e. The summed E-state index contributed by atoms with van der Waals surface area (Å²) in [5, 5.41) is 12.8. The van der Waals surface area contributed by atoms with Gasteiger partial charge in [0.15, 0.2) is 0 Å². The Balaban J connectivity index is 1.90. The van der Waals surface area contributed by atoms with Crippen molar-refractivity contribution < 1.29 is 9.90 Å². The van der Waals surface area contributed by atoms with Crippen LogP contribution in [-0.2, 0) is 4.79 Å². The lowest BCUT2D eigenvalue weighted by molar-refractivity contribution is -0.111. The number of ketones is 1. The van der Waals surface area contributed by atoms with E-state index in [0.29, 0.717) is 16.8 Å². The van der Waals surface area contributed by atoms with Gasteiger partial charge in [-0.2, -0.15) is 0 Å². The molecule has 0 unspecified atom stereocenters. The molecule has 4 rings (SSSR count). The van der Waals surface area contributed by atoms with E-state index in [1.165, 1.54) is 0 Å². The van der Waals surface area contributed by atoms with Gasteiger partial charge in [-0.1, -0.05) is 60.7 Å². The average Bonchev–Trinajstić information content (AvgIpc) is 2.98. The summed E-state index contributed by atoms with van der Waals surface area (Å²) in [6, 6.07) is 15.7. The summed E-state index contributed by atoms with van der Waals surface area (Å²) >= 11 is 0. The van der Waals surface area contributed by atoms with Crippen molar-refractivity contribution >= 4 is 33.3 Å². The molecular weight excluding hydrogens is 334 g/mol. The number of aliphatic hydroxyl groups is 1.